The second kappa shape index (κ2) is 6.75. The molecule has 0 saturated heterocycles. The van der Waals surface area contributed by atoms with Crippen LogP contribution in [0.15, 0.2) is 18.2 Å². The van der Waals surface area contributed by atoms with E-state index in [9.17, 15) is 4.79 Å². The molecule has 0 aliphatic rings. The van der Waals surface area contributed by atoms with Gasteiger partial charge in [-0.25, -0.2) is 5.84 Å². The first kappa shape index (κ1) is 13.3. The number of hydrogen-bond donors (Lipinski definition) is 2. The van der Waals surface area contributed by atoms with E-state index in [1.165, 1.54) is 5.56 Å². The molecular formula is C12H18N2O3. The van der Waals surface area contributed by atoms with Crippen molar-refractivity contribution in [2.75, 3.05) is 13.7 Å². The lowest BCUT2D eigenvalue weighted by atomic mass is 10.1. The molecule has 0 bridgehead atoms. The molecule has 1 aromatic rings. The summed E-state index contributed by atoms with van der Waals surface area (Å²) >= 11 is 0. The Hall–Kier alpha value is -1.75. The first-order valence-corrected chi connectivity index (χ1v) is 5.50. The number of carbonyl (C=O) groups excluding carboxylic acids is 1. The topological polar surface area (TPSA) is 73.6 Å². The summed E-state index contributed by atoms with van der Waals surface area (Å²) in [4.78, 5) is 10.9. The molecule has 0 radical (unpaired) electrons. The quantitative estimate of drug-likeness (QED) is 0.441. The highest BCUT2D eigenvalue weighted by Crippen LogP contribution is 2.28. The minimum atomic E-state index is -0.255. The largest absolute Gasteiger partial charge is 0.493 e. The molecule has 0 aliphatic heterocycles. The van der Waals surface area contributed by atoms with Gasteiger partial charge in [-0.1, -0.05) is 13.0 Å². The van der Waals surface area contributed by atoms with Gasteiger partial charge in [-0.2, -0.15) is 0 Å². The van der Waals surface area contributed by atoms with Gasteiger partial charge in [0.1, 0.15) is 0 Å². The molecule has 1 aromatic carbocycles. The van der Waals surface area contributed by atoms with E-state index < -0.39 is 0 Å². The van der Waals surface area contributed by atoms with Crippen LogP contribution in [0.2, 0.25) is 0 Å². The Labute approximate surface area is 101 Å². The van der Waals surface area contributed by atoms with Gasteiger partial charge >= 0.3 is 0 Å². The number of ether oxygens (including phenoxy) is 2. The van der Waals surface area contributed by atoms with Crippen molar-refractivity contribution in [2.24, 2.45) is 5.84 Å². The average Bonchev–Trinajstić information content (AvgIpc) is 2.38. The zero-order valence-corrected chi connectivity index (χ0v) is 10.2. The Bertz CT molecular complexity index is 380. The van der Waals surface area contributed by atoms with Crippen LogP contribution in [-0.4, -0.2) is 19.6 Å². The fraction of sp³-hybridized carbons (Fsp3) is 0.417. The lowest BCUT2D eigenvalue weighted by molar-refractivity contribution is -0.121. The second-order valence-electron chi connectivity index (χ2n) is 3.50. The summed E-state index contributed by atoms with van der Waals surface area (Å²) in [6.45, 7) is 2.34. The minimum Gasteiger partial charge on any atom is -0.493 e. The van der Waals surface area contributed by atoms with Gasteiger partial charge in [-0.05, 0) is 24.1 Å². The molecule has 0 spiro atoms. The third-order valence-corrected chi connectivity index (χ3v) is 2.38. The lowest BCUT2D eigenvalue weighted by Gasteiger charge is -2.11. The Morgan fingerprint density at radius 2 is 2.18 bits per heavy atom. The van der Waals surface area contributed by atoms with Crippen molar-refractivity contribution in [1.82, 2.24) is 5.43 Å². The summed E-state index contributed by atoms with van der Waals surface area (Å²) in [6.07, 6.45) is 1.15. The van der Waals surface area contributed by atoms with E-state index >= 15 is 0 Å². The van der Waals surface area contributed by atoms with E-state index in [1.807, 2.05) is 23.6 Å². The van der Waals surface area contributed by atoms with Gasteiger partial charge < -0.3 is 9.47 Å². The van der Waals surface area contributed by atoms with Gasteiger partial charge in [0, 0.05) is 0 Å². The van der Waals surface area contributed by atoms with Crippen molar-refractivity contribution in [2.45, 2.75) is 19.8 Å². The Balaban J connectivity index is 2.61. The van der Waals surface area contributed by atoms with Crippen LogP contribution < -0.4 is 20.7 Å². The highest BCUT2D eigenvalue weighted by atomic mass is 16.5. The fourth-order valence-electron chi connectivity index (χ4n) is 1.38. The molecule has 0 atom stereocenters. The van der Waals surface area contributed by atoms with E-state index in [4.69, 9.17) is 15.3 Å². The van der Waals surface area contributed by atoms with Crippen LogP contribution >= 0.6 is 0 Å². The Kier molecular flexibility index (Phi) is 5.29. The number of carbonyl (C=O) groups is 1. The normalized spacial score (nSPS) is 9.82. The van der Waals surface area contributed by atoms with Crippen LogP contribution in [0.5, 0.6) is 11.5 Å². The molecule has 5 nitrogen and oxygen atoms in total. The molecule has 3 N–H and O–H groups in total. The smallest absolute Gasteiger partial charge is 0.237 e. The Morgan fingerprint density at radius 3 is 2.76 bits per heavy atom. The van der Waals surface area contributed by atoms with Crippen LogP contribution in [0, 0.1) is 0 Å². The summed E-state index contributed by atoms with van der Waals surface area (Å²) < 4.78 is 10.7. The monoisotopic (exact) mass is 238 g/mol. The van der Waals surface area contributed by atoms with Crippen molar-refractivity contribution >= 4 is 5.91 Å². The van der Waals surface area contributed by atoms with Gasteiger partial charge in [0.2, 0.25) is 5.91 Å². The van der Waals surface area contributed by atoms with E-state index in [1.54, 1.807) is 7.11 Å². The maximum absolute atomic E-state index is 10.9. The molecule has 0 unspecified atom stereocenters. The van der Waals surface area contributed by atoms with Crippen LogP contribution in [0.25, 0.3) is 0 Å². The first-order valence-electron chi connectivity index (χ1n) is 5.50. The standard InChI is InChI=1S/C12H18N2O3/c1-3-9-4-5-10(11(8-9)16-2)17-7-6-12(15)14-13/h4-5,8H,3,6-7,13H2,1-2H3,(H,14,15). The van der Waals surface area contributed by atoms with E-state index in [0.717, 1.165) is 6.42 Å². The zero-order valence-electron chi connectivity index (χ0n) is 10.2. The third kappa shape index (κ3) is 3.96. The summed E-state index contributed by atoms with van der Waals surface area (Å²) in [5, 5.41) is 0. The highest BCUT2D eigenvalue weighted by molar-refractivity contribution is 5.75. The molecular weight excluding hydrogens is 220 g/mol. The number of nitrogens with one attached hydrogen (secondary N) is 1. The second-order valence-corrected chi connectivity index (χ2v) is 3.50. The molecule has 0 aliphatic carbocycles. The number of hydrazine groups is 1. The number of hydrogen-bond acceptors (Lipinski definition) is 4. The van der Waals surface area contributed by atoms with Crippen LogP contribution in [0.1, 0.15) is 18.9 Å². The molecule has 0 aromatic heterocycles. The summed E-state index contributed by atoms with van der Waals surface area (Å²) in [5.74, 6) is 6.02. The van der Waals surface area contributed by atoms with Crippen molar-refractivity contribution in [3.63, 3.8) is 0 Å². The van der Waals surface area contributed by atoms with Crippen molar-refractivity contribution < 1.29 is 14.3 Å². The maximum atomic E-state index is 10.9. The summed E-state index contributed by atoms with van der Waals surface area (Å²) in [5.41, 5.74) is 3.22. The van der Waals surface area contributed by atoms with Gasteiger partial charge in [0.05, 0.1) is 20.1 Å². The van der Waals surface area contributed by atoms with Gasteiger partial charge in [0.15, 0.2) is 11.5 Å². The molecule has 1 amide bonds. The van der Waals surface area contributed by atoms with E-state index in [-0.39, 0.29) is 18.9 Å². The molecule has 1 rings (SSSR count). The lowest BCUT2D eigenvalue weighted by Crippen LogP contribution is -2.31. The SMILES string of the molecule is CCc1ccc(OCCC(=O)NN)c(OC)c1. The first-order chi connectivity index (χ1) is 8.21. The highest BCUT2D eigenvalue weighted by Gasteiger charge is 2.06. The van der Waals surface area contributed by atoms with Crippen LogP contribution in [0.4, 0.5) is 0 Å². The molecule has 5 heteroatoms. The van der Waals surface area contributed by atoms with Crippen molar-refractivity contribution in [3.8, 4) is 11.5 Å². The van der Waals surface area contributed by atoms with Gasteiger partial charge in [0.25, 0.3) is 0 Å². The predicted octanol–water partition coefficient (Wildman–Crippen LogP) is 1.02. The number of aryl methyl sites for hydroxylation is 1. The van der Waals surface area contributed by atoms with Gasteiger partial charge in [-0.15, -0.1) is 0 Å². The zero-order chi connectivity index (χ0) is 12.7. The molecule has 0 fully saturated rings. The maximum Gasteiger partial charge on any atom is 0.237 e. The van der Waals surface area contributed by atoms with E-state index in [2.05, 4.69) is 6.92 Å². The number of benzene rings is 1. The number of methoxy groups -OCH3 is 1. The fourth-order valence-corrected chi connectivity index (χ4v) is 1.38. The molecule has 0 heterocycles. The van der Waals surface area contributed by atoms with Crippen LogP contribution in [0.3, 0.4) is 0 Å². The number of amides is 1. The van der Waals surface area contributed by atoms with Crippen LogP contribution in [-0.2, 0) is 11.2 Å². The number of rotatable bonds is 6. The van der Waals surface area contributed by atoms with Crippen molar-refractivity contribution in [3.05, 3.63) is 23.8 Å². The molecule has 94 valence electrons. The summed E-state index contributed by atoms with van der Waals surface area (Å²) in [6, 6.07) is 5.75. The van der Waals surface area contributed by atoms with E-state index in [0.29, 0.717) is 11.5 Å². The summed E-state index contributed by atoms with van der Waals surface area (Å²) in [7, 11) is 1.59. The van der Waals surface area contributed by atoms with Gasteiger partial charge in [-0.3, -0.25) is 10.2 Å². The predicted molar refractivity (Wildman–Crippen MR) is 64.8 cm³/mol. The third-order valence-electron chi connectivity index (χ3n) is 2.38. The van der Waals surface area contributed by atoms with Crippen molar-refractivity contribution in [1.29, 1.82) is 0 Å². The Morgan fingerprint density at radius 1 is 1.41 bits per heavy atom. The minimum absolute atomic E-state index is 0.217. The molecule has 17 heavy (non-hydrogen) atoms. The molecule has 0 saturated carbocycles. The average molecular weight is 238 g/mol. The number of nitrogens with two attached hydrogens (primary N) is 1.